The molecule has 0 aliphatic heterocycles. The average Bonchev–Trinajstić information content (AvgIpc) is 2.93. The van der Waals surface area contributed by atoms with E-state index in [0.717, 1.165) is 35.6 Å². The lowest BCUT2D eigenvalue weighted by atomic mass is 9.97. The highest BCUT2D eigenvalue weighted by Gasteiger charge is 2.12. The average molecular weight is 513 g/mol. The Morgan fingerprint density at radius 1 is 0.816 bits per heavy atom. The largest absolute Gasteiger partial charge is 0.423 e. The molecule has 0 spiro atoms. The number of esters is 2. The van der Waals surface area contributed by atoms with E-state index in [1.54, 1.807) is 12.1 Å². The Morgan fingerprint density at radius 3 is 2.11 bits per heavy atom. The van der Waals surface area contributed by atoms with Crippen LogP contribution < -0.4 is 9.47 Å². The summed E-state index contributed by atoms with van der Waals surface area (Å²) in [5.41, 5.74) is 5.68. The maximum absolute atomic E-state index is 12.1. The van der Waals surface area contributed by atoms with E-state index >= 15 is 0 Å². The first-order valence-electron chi connectivity index (χ1n) is 13.0. The molecule has 38 heavy (non-hydrogen) atoms. The summed E-state index contributed by atoms with van der Waals surface area (Å²) in [7, 11) is 1.50. The second kappa shape index (κ2) is 14.7. The summed E-state index contributed by atoms with van der Waals surface area (Å²) in [5, 5.41) is 0. The van der Waals surface area contributed by atoms with E-state index in [0.29, 0.717) is 17.9 Å². The molecule has 0 saturated carbocycles. The molecule has 5 nitrogen and oxygen atoms in total. The summed E-state index contributed by atoms with van der Waals surface area (Å²) in [5.74, 6) is -0.0659. The molecule has 0 atom stereocenters. The standard InChI is InChI=1S/C33H36O5/c1-5-7-8-9-25-10-12-26(13-11-25)14-15-29-22-28(18-21-31(29)38-32(34)6-2)27-16-19-30(20-17-27)37-33(35)24(3)23-36-4/h6,10-13,16-22H,2-3,5,7-9,14-15,23H2,1,4H3. The van der Waals surface area contributed by atoms with Crippen molar-refractivity contribution in [3.05, 3.63) is 108 Å². The van der Waals surface area contributed by atoms with Crippen molar-refractivity contribution in [2.75, 3.05) is 13.7 Å². The lowest BCUT2D eigenvalue weighted by Gasteiger charge is -2.13. The first-order chi connectivity index (χ1) is 18.4. The molecule has 0 bridgehead atoms. The number of hydrogen-bond donors (Lipinski definition) is 0. The van der Waals surface area contributed by atoms with Crippen LogP contribution in [0.5, 0.6) is 11.5 Å². The summed E-state index contributed by atoms with van der Waals surface area (Å²) in [6.45, 7) is 9.51. The van der Waals surface area contributed by atoms with E-state index in [1.807, 2.05) is 30.3 Å². The van der Waals surface area contributed by atoms with Gasteiger partial charge in [-0.15, -0.1) is 0 Å². The molecular formula is C33H36O5. The topological polar surface area (TPSA) is 61.8 Å². The van der Waals surface area contributed by atoms with Crippen LogP contribution in [-0.4, -0.2) is 25.7 Å². The van der Waals surface area contributed by atoms with E-state index in [-0.39, 0.29) is 12.2 Å². The minimum absolute atomic E-state index is 0.117. The van der Waals surface area contributed by atoms with Crippen LogP contribution in [0.4, 0.5) is 0 Å². The summed E-state index contributed by atoms with van der Waals surface area (Å²) in [4.78, 5) is 24.0. The van der Waals surface area contributed by atoms with Crippen molar-refractivity contribution in [2.24, 2.45) is 0 Å². The van der Waals surface area contributed by atoms with Crippen LogP contribution in [0.2, 0.25) is 0 Å². The summed E-state index contributed by atoms with van der Waals surface area (Å²) in [6, 6.07) is 21.8. The second-order valence-corrected chi connectivity index (χ2v) is 9.17. The highest BCUT2D eigenvalue weighted by atomic mass is 16.5. The molecule has 3 aromatic carbocycles. The fourth-order valence-corrected chi connectivity index (χ4v) is 4.06. The molecule has 0 saturated heterocycles. The predicted octanol–water partition coefficient (Wildman–Crippen LogP) is 7.07. The normalized spacial score (nSPS) is 10.6. The van der Waals surface area contributed by atoms with E-state index in [2.05, 4.69) is 44.3 Å². The number of rotatable bonds is 14. The number of benzene rings is 3. The van der Waals surface area contributed by atoms with Crippen LogP contribution in [0.1, 0.15) is 42.9 Å². The summed E-state index contributed by atoms with van der Waals surface area (Å²) in [6.07, 6.45) is 7.49. The smallest absolute Gasteiger partial charge is 0.341 e. The third kappa shape index (κ3) is 8.56. The Hall–Kier alpha value is -3.96. The van der Waals surface area contributed by atoms with Crippen LogP contribution in [0.15, 0.2) is 91.5 Å². The van der Waals surface area contributed by atoms with Gasteiger partial charge >= 0.3 is 11.9 Å². The lowest BCUT2D eigenvalue weighted by Crippen LogP contribution is -2.13. The first-order valence-corrected chi connectivity index (χ1v) is 13.0. The molecule has 3 aromatic rings. The number of carbonyl (C=O) groups is 2. The van der Waals surface area contributed by atoms with Gasteiger partial charge < -0.3 is 14.2 Å². The fourth-order valence-electron chi connectivity index (χ4n) is 4.06. The Morgan fingerprint density at radius 2 is 1.47 bits per heavy atom. The van der Waals surface area contributed by atoms with E-state index < -0.39 is 11.9 Å². The molecule has 198 valence electrons. The molecule has 0 aromatic heterocycles. The maximum atomic E-state index is 12.1. The predicted molar refractivity (Wildman–Crippen MR) is 151 cm³/mol. The highest BCUT2D eigenvalue weighted by molar-refractivity contribution is 5.89. The van der Waals surface area contributed by atoms with Crippen molar-refractivity contribution >= 4 is 11.9 Å². The molecule has 0 fully saturated rings. The fraction of sp³-hybridized carbons (Fsp3) is 0.273. The van der Waals surface area contributed by atoms with Gasteiger partial charge in [0, 0.05) is 13.2 Å². The molecule has 0 radical (unpaired) electrons. The number of aryl methyl sites for hydroxylation is 3. The Labute approximate surface area is 225 Å². The van der Waals surface area contributed by atoms with Crippen molar-refractivity contribution in [3.63, 3.8) is 0 Å². The van der Waals surface area contributed by atoms with Gasteiger partial charge in [0.25, 0.3) is 0 Å². The van der Waals surface area contributed by atoms with E-state index in [4.69, 9.17) is 14.2 Å². The Kier molecular flexibility index (Phi) is 11.1. The van der Waals surface area contributed by atoms with Crippen LogP contribution in [0.25, 0.3) is 11.1 Å². The van der Waals surface area contributed by atoms with Crippen molar-refractivity contribution in [3.8, 4) is 22.6 Å². The van der Waals surface area contributed by atoms with Gasteiger partial charge in [0.15, 0.2) is 0 Å². The summed E-state index contributed by atoms with van der Waals surface area (Å²) >= 11 is 0. The SMILES string of the molecule is C=CC(=O)Oc1ccc(-c2ccc(OC(=O)C(=C)COC)cc2)cc1CCc1ccc(CCCCC)cc1. The number of hydrogen-bond acceptors (Lipinski definition) is 5. The Bertz CT molecular complexity index is 1240. The zero-order chi connectivity index (χ0) is 27.3. The van der Waals surface area contributed by atoms with Gasteiger partial charge in [-0.1, -0.05) is 75.4 Å². The van der Waals surface area contributed by atoms with Gasteiger partial charge in [-0.05, 0) is 77.8 Å². The zero-order valence-corrected chi connectivity index (χ0v) is 22.3. The lowest BCUT2D eigenvalue weighted by molar-refractivity contribution is -0.131. The van der Waals surface area contributed by atoms with Crippen LogP contribution in [-0.2, 0) is 33.6 Å². The number of ether oxygens (including phenoxy) is 3. The highest BCUT2D eigenvalue weighted by Crippen LogP contribution is 2.29. The van der Waals surface area contributed by atoms with Crippen molar-refractivity contribution in [1.29, 1.82) is 0 Å². The van der Waals surface area contributed by atoms with E-state index in [1.165, 1.54) is 37.5 Å². The van der Waals surface area contributed by atoms with E-state index in [9.17, 15) is 9.59 Å². The third-order valence-corrected chi connectivity index (χ3v) is 6.22. The van der Waals surface area contributed by atoms with Gasteiger partial charge in [-0.3, -0.25) is 0 Å². The molecule has 0 N–H and O–H groups in total. The molecule has 0 aliphatic carbocycles. The molecule has 3 rings (SSSR count). The maximum Gasteiger partial charge on any atom is 0.341 e. The van der Waals surface area contributed by atoms with Crippen LogP contribution in [0, 0.1) is 0 Å². The van der Waals surface area contributed by atoms with Crippen molar-refractivity contribution in [2.45, 2.75) is 45.4 Å². The van der Waals surface area contributed by atoms with Gasteiger partial charge in [-0.2, -0.15) is 0 Å². The Balaban J connectivity index is 1.74. The zero-order valence-electron chi connectivity index (χ0n) is 22.3. The number of carbonyl (C=O) groups excluding carboxylic acids is 2. The first kappa shape index (κ1) is 28.6. The van der Waals surface area contributed by atoms with Gasteiger partial charge in [-0.25, -0.2) is 9.59 Å². The molecule has 5 heteroatoms. The van der Waals surface area contributed by atoms with Gasteiger partial charge in [0.05, 0.1) is 12.2 Å². The molecule has 0 heterocycles. The van der Waals surface area contributed by atoms with Crippen LogP contribution >= 0.6 is 0 Å². The minimum Gasteiger partial charge on any atom is -0.423 e. The summed E-state index contributed by atoms with van der Waals surface area (Å²) < 4.78 is 15.8. The molecular weight excluding hydrogens is 476 g/mol. The van der Waals surface area contributed by atoms with Crippen molar-refractivity contribution < 1.29 is 23.8 Å². The number of unbranched alkanes of at least 4 members (excludes halogenated alkanes) is 2. The van der Waals surface area contributed by atoms with Crippen molar-refractivity contribution in [1.82, 2.24) is 0 Å². The molecule has 0 amide bonds. The second-order valence-electron chi connectivity index (χ2n) is 9.17. The molecule has 0 aliphatic rings. The van der Waals surface area contributed by atoms with Gasteiger partial charge in [0.1, 0.15) is 11.5 Å². The minimum atomic E-state index is -0.524. The van der Waals surface area contributed by atoms with Gasteiger partial charge in [0.2, 0.25) is 0 Å². The quantitative estimate of drug-likeness (QED) is 0.100. The molecule has 0 unspecified atom stereocenters. The monoisotopic (exact) mass is 512 g/mol. The van der Waals surface area contributed by atoms with Crippen LogP contribution in [0.3, 0.4) is 0 Å². The third-order valence-electron chi connectivity index (χ3n) is 6.22. The number of methoxy groups -OCH3 is 1.